The lowest BCUT2D eigenvalue weighted by Crippen LogP contribution is -2.53. The third kappa shape index (κ3) is 3.50. The molecule has 3 aromatic heterocycles. The molecule has 0 aliphatic carbocycles. The summed E-state index contributed by atoms with van der Waals surface area (Å²) in [7, 11) is 0. The molecule has 2 amide bonds. The zero-order chi connectivity index (χ0) is 20.8. The van der Waals surface area contributed by atoms with Crippen LogP contribution in [0.3, 0.4) is 0 Å². The van der Waals surface area contributed by atoms with Gasteiger partial charge in [0.1, 0.15) is 5.69 Å². The number of hydrogen-bond acceptors (Lipinski definition) is 6. The van der Waals surface area contributed by atoms with Crippen LogP contribution in [0, 0.1) is 12.3 Å². The third-order valence-corrected chi connectivity index (χ3v) is 5.12. The molecule has 0 spiro atoms. The fraction of sp³-hybridized carbons (Fsp3) is 0.429. The van der Waals surface area contributed by atoms with Gasteiger partial charge >= 0.3 is 0 Å². The van der Waals surface area contributed by atoms with Gasteiger partial charge in [-0.25, -0.2) is 4.98 Å². The zero-order valence-corrected chi connectivity index (χ0v) is 17.1. The highest BCUT2D eigenvalue weighted by Gasteiger charge is 2.32. The minimum atomic E-state index is -0.430. The number of aryl methyl sites for hydroxylation is 1. The zero-order valence-electron chi connectivity index (χ0n) is 17.1. The Kier molecular flexibility index (Phi) is 4.64. The summed E-state index contributed by atoms with van der Waals surface area (Å²) in [6, 6.07) is 5.27. The lowest BCUT2D eigenvalue weighted by Gasteiger charge is -2.37. The van der Waals surface area contributed by atoms with Crippen molar-refractivity contribution in [1.29, 1.82) is 0 Å². The minimum absolute atomic E-state index is 0.103. The Labute approximate surface area is 168 Å². The van der Waals surface area contributed by atoms with E-state index >= 15 is 0 Å². The predicted molar refractivity (Wildman–Crippen MR) is 106 cm³/mol. The van der Waals surface area contributed by atoms with Gasteiger partial charge in [0, 0.05) is 31.6 Å². The van der Waals surface area contributed by atoms with Crippen molar-refractivity contribution in [1.82, 2.24) is 19.9 Å². The number of aromatic nitrogens is 2. The second-order valence-electron chi connectivity index (χ2n) is 8.31. The maximum Gasteiger partial charge on any atom is 0.259 e. The van der Waals surface area contributed by atoms with Crippen LogP contribution in [-0.2, 0) is 4.79 Å². The molecule has 4 rings (SSSR count). The smallest absolute Gasteiger partial charge is 0.259 e. The number of piperazine rings is 1. The van der Waals surface area contributed by atoms with E-state index in [9.17, 15) is 9.59 Å². The van der Waals surface area contributed by atoms with E-state index in [2.05, 4.69) is 10.1 Å². The van der Waals surface area contributed by atoms with Gasteiger partial charge in [0.25, 0.3) is 11.6 Å². The Morgan fingerprint density at radius 2 is 1.79 bits per heavy atom. The van der Waals surface area contributed by atoms with E-state index in [1.54, 1.807) is 36.3 Å². The molecule has 0 aromatic carbocycles. The van der Waals surface area contributed by atoms with E-state index in [1.807, 2.05) is 25.7 Å². The van der Waals surface area contributed by atoms with E-state index in [0.717, 1.165) is 0 Å². The van der Waals surface area contributed by atoms with Gasteiger partial charge in [0.2, 0.25) is 5.91 Å². The number of carbonyl (C=O) groups excluding carboxylic acids is 2. The number of carbonyl (C=O) groups is 2. The summed E-state index contributed by atoms with van der Waals surface area (Å²) in [5, 5.41) is 4.59. The standard InChI is InChI=1S/C21H24N4O4/c1-13-17-14(12-15(16-6-5-11-28-16)22-18(17)29-23-13)19(26)24-7-9-25(10-8-24)20(27)21(2,3)4/h5-6,11-12H,7-10H2,1-4H3. The van der Waals surface area contributed by atoms with E-state index in [0.29, 0.717) is 60.0 Å². The fourth-order valence-electron chi connectivity index (χ4n) is 3.57. The van der Waals surface area contributed by atoms with Crippen LogP contribution in [0.25, 0.3) is 22.6 Å². The normalized spacial score (nSPS) is 15.2. The molecular weight excluding hydrogens is 372 g/mol. The number of rotatable bonds is 2. The van der Waals surface area contributed by atoms with E-state index in [4.69, 9.17) is 8.94 Å². The van der Waals surface area contributed by atoms with Crippen molar-refractivity contribution in [3.05, 3.63) is 35.7 Å². The van der Waals surface area contributed by atoms with Crippen LogP contribution < -0.4 is 0 Å². The molecule has 4 heterocycles. The summed E-state index contributed by atoms with van der Waals surface area (Å²) in [4.78, 5) is 33.9. The molecule has 29 heavy (non-hydrogen) atoms. The molecule has 0 saturated carbocycles. The monoisotopic (exact) mass is 396 g/mol. The van der Waals surface area contributed by atoms with Crippen LogP contribution in [0.4, 0.5) is 0 Å². The molecule has 8 heteroatoms. The van der Waals surface area contributed by atoms with Crippen molar-refractivity contribution in [2.45, 2.75) is 27.7 Å². The summed E-state index contributed by atoms with van der Waals surface area (Å²) in [6.07, 6.45) is 1.56. The molecule has 1 fully saturated rings. The second kappa shape index (κ2) is 7.02. The summed E-state index contributed by atoms with van der Waals surface area (Å²) < 4.78 is 10.8. The van der Waals surface area contributed by atoms with Gasteiger partial charge < -0.3 is 18.7 Å². The van der Waals surface area contributed by atoms with Crippen LogP contribution in [0.15, 0.2) is 33.4 Å². The number of nitrogens with zero attached hydrogens (tertiary/aromatic N) is 4. The Bertz CT molecular complexity index is 1050. The van der Waals surface area contributed by atoms with Crippen LogP contribution in [0.2, 0.25) is 0 Å². The second-order valence-corrected chi connectivity index (χ2v) is 8.31. The van der Waals surface area contributed by atoms with E-state index in [1.165, 1.54) is 0 Å². The lowest BCUT2D eigenvalue weighted by molar-refractivity contribution is -0.140. The molecule has 1 saturated heterocycles. The SMILES string of the molecule is Cc1noc2nc(-c3ccco3)cc(C(=O)N3CCN(C(=O)C(C)(C)C)CC3)c12. The molecule has 1 aliphatic heterocycles. The summed E-state index contributed by atoms with van der Waals surface area (Å²) in [5.41, 5.74) is 1.49. The Balaban J connectivity index is 1.62. The Morgan fingerprint density at radius 1 is 1.10 bits per heavy atom. The van der Waals surface area contributed by atoms with Crippen LogP contribution >= 0.6 is 0 Å². The van der Waals surface area contributed by atoms with Crippen molar-refractivity contribution in [2.24, 2.45) is 5.41 Å². The van der Waals surface area contributed by atoms with Gasteiger partial charge in [-0.2, -0.15) is 0 Å². The van der Waals surface area contributed by atoms with E-state index < -0.39 is 5.41 Å². The first-order valence-electron chi connectivity index (χ1n) is 9.65. The number of furan rings is 1. The van der Waals surface area contributed by atoms with Gasteiger partial charge in [0.05, 0.1) is 22.9 Å². The molecule has 152 valence electrons. The van der Waals surface area contributed by atoms with Gasteiger partial charge in [-0.15, -0.1) is 0 Å². The van der Waals surface area contributed by atoms with Gasteiger partial charge in [-0.3, -0.25) is 9.59 Å². The highest BCUT2D eigenvalue weighted by atomic mass is 16.5. The third-order valence-electron chi connectivity index (χ3n) is 5.12. The highest BCUT2D eigenvalue weighted by Crippen LogP contribution is 2.28. The average molecular weight is 396 g/mol. The molecule has 3 aromatic rings. The largest absolute Gasteiger partial charge is 0.463 e. The van der Waals surface area contributed by atoms with Crippen molar-refractivity contribution in [3.63, 3.8) is 0 Å². The number of amides is 2. The first kappa shape index (κ1) is 19.2. The number of hydrogen-bond donors (Lipinski definition) is 0. The van der Waals surface area contributed by atoms with Gasteiger partial charge in [-0.05, 0) is 25.1 Å². The fourth-order valence-corrected chi connectivity index (χ4v) is 3.57. The maximum atomic E-state index is 13.4. The molecular formula is C21H24N4O4. The van der Waals surface area contributed by atoms with Gasteiger partial charge in [0.15, 0.2) is 5.76 Å². The Morgan fingerprint density at radius 3 is 2.41 bits per heavy atom. The quantitative estimate of drug-likeness (QED) is 0.661. The number of pyridine rings is 1. The van der Waals surface area contributed by atoms with Crippen LogP contribution in [0.1, 0.15) is 36.8 Å². The minimum Gasteiger partial charge on any atom is -0.463 e. The summed E-state index contributed by atoms with van der Waals surface area (Å²) in [5.74, 6) is 0.529. The summed E-state index contributed by atoms with van der Waals surface area (Å²) >= 11 is 0. The van der Waals surface area contributed by atoms with Crippen molar-refractivity contribution >= 4 is 22.9 Å². The van der Waals surface area contributed by atoms with Crippen LogP contribution in [-0.4, -0.2) is 57.9 Å². The van der Waals surface area contributed by atoms with Gasteiger partial charge in [-0.1, -0.05) is 25.9 Å². The van der Waals surface area contributed by atoms with Crippen LogP contribution in [0.5, 0.6) is 0 Å². The van der Waals surface area contributed by atoms with Crippen molar-refractivity contribution in [3.8, 4) is 11.5 Å². The molecule has 0 N–H and O–H groups in total. The molecule has 0 atom stereocenters. The first-order chi connectivity index (χ1) is 13.8. The maximum absolute atomic E-state index is 13.4. The lowest BCUT2D eigenvalue weighted by atomic mass is 9.94. The topological polar surface area (TPSA) is 92.7 Å². The van der Waals surface area contributed by atoms with Crippen molar-refractivity contribution in [2.75, 3.05) is 26.2 Å². The van der Waals surface area contributed by atoms with E-state index in [-0.39, 0.29) is 11.8 Å². The first-order valence-corrected chi connectivity index (χ1v) is 9.65. The number of fused-ring (bicyclic) bond motifs is 1. The molecule has 0 bridgehead atoms. The van der Waals surface area contributed by atoms with Crippen molar-refractivity contribution < 1.29 is 18.5 Å². The predicted octanol–water partition coefficient (Wildman–Crippen LogP) is 3.12. The molecule has 0 unspecified atom stereocenters. The summed E-state index contributed by atoms with van der Waals surface area (Å²) in [6.45, 7) is 9.50. The molecule has 8 nitrogen and oxygen atoms in total. The average Bonchev–Trinajstić information content (AvgIpc) is 3.36. The molecule has 1 aliphatic rings. The molecule has 0 radical (unpaired) electrons. The highest BCUT2D eigenvalue weighted by molar-refractivity contribution is 6.07. The Hall–Kier alpha value is -3.16.